The number of nitrogens with one attached hydrogen (secondary N) is 2. The van der Waals surface area contributed by atoms with Gasteiger partial charge in [0, 0.05) is 18.7 Å². The predicted molar refractivity (Wildman–Crippen MR) is 95.8 cm³/mol. The zero-order valence-corrected chi connectivity index (χ0v) is 14.2. The smallest absolute Gasteiger partial charge is 0.226 e. The molecule has 2 N–H and O–H groups in total. The van der Waals surface area contributed by atoms with Gasteiger partial charge < -0.3 is 15.4 Å². The van der Waals surface area contributed by atoms with Gasteiger partial charge in [-0.1, -0.05) is 29.3 Å². The predicted octanol–water partition coefficient (Wildman–Crippen LogP) is 4.83. The van der Waals surface area contributed by atoms with Gasteiger partial charge in [0.25, 0.3) is 0 Å². The van der Waals surface area contributed by atoms with Crippen LogP contribution in [0.2, 0.25) is 10.0 Å². The number of carbonyl (C=O) groups excluding carboxylic acids is 1. The Balaban J connectivity index is 1.80. The summed E-state index contributed by atoms with van der Waals surface area (Å²) in [5, 5.41) is 6.87. The molecule has 0 aliphatic heterocycles. The quantitative estimate of drug-likeness (QED) is 0.749. The first kappa shape index (κ1) is 17.4. The van der Waals surface area contributed by atoms with Gasteiger partial charge in [0.1, 0.15) is 5.75 Å². The lowest BCUT2D eigenvalue weighted by Crippen LogP contribution is -2.16. The number of hydrogen-bond donors (Lipinski definition) is 2. The van der Waals surface area contributed by atoms with Crippen LogP contribution in [-0.2, 0) is 4.79 Å². The van der Waals surface area contributed by atoms with Gasteiger partial charge in [-0.2, -0.15) is 0 Å². The van der Waals surface area contributed by atoms with Crippen molar-refractivity contribution in [3.05, 3.63) is 52.5 Å². The number of carbonyl (C=O) groups is 1. The Morgan fingerprint density at radius 1 is 1.13 bits per heavy atom. The van der Waals surface area contributed by atoms with Crippen molar-refractivity contribution >= 4 is 40.5 Å². The van der Waals surface area contributed by atoms with Crippen LogP contribution in [-0.4, -0.2) is 19.1 Å². The van der Waals surface area contributed by atoms with E-state index in [0.29, 0.717) is 35.3 Å². The maximum atomic E-state index is 11.9. The third-order valence-electron chi connectivity index (χ3n) is 3.07. The molecule has 0 unspecified atom stereocenters. The van der Waals surface area contributed by atoms with E-state index >= 15 is 0 Å². The molecule has 0 bridgehead atoms. The van der Waals surface area contributed by atoms with Crippen LogP contribution >= 0.6 is 23.2 Å². The van der Waals surface area contributed by atoms with Gasteiger partial charge >= 0.3 is 0 Å². The van der Waals surface area contributed by atoms with Crippen LogP contribution in [0.3, 0.4) is 0 Å². The first-order valence-corrected chi connectivity index (χ1v) is 8.06. The number of amides is 1. The Morgan fingerprint density at radius 3 is 2.57 bits per heavy atom. The summed E-state index contributed by atoms with van der Waals surface area (Å²) >= 11 is 12.0. The van der Waals surface area contributed by atoms with Crippen LogP contribution < -0.4 is 15.4 Å². The van der Waals surface area contributed by atoms with E-state index in [4.69, 9.17) is 27.9 Å². The molecule has 0 spiro atoms. The van der Waals surface area contributed by atoms with E-state index in [1.54, 1.807) is 12.1 Å². The zero-order valence-electron chi connectivity index (χ0n) is 12.7. The van der Waals surface area contributed by atoms with E-state index < -0.39 is 0 Å². The second kappa shape index (κ2) is 8.65. The topological polar surface area (TPSA) is 50.4 Å². The minimum absolute atomic E-state index is 0.0835. The van der Waals surface area contributed by atoms with Crippen molar-refractivity contribution in [1.29, 1.82) is 0 Å². The van der Waals surface area contributed by atoms with Gasteiger partial charge in [-0.15, -0.1) is 0 Å². The molecule has 0 heterocycles. The molecule has 122 valence electrons. The summed E-state index contributed by atoms with van der Waals surface area (Å²) in [7, 11) is 0. The fourth-order valence-corrected chi connectivity index (χ4v) is 2.34. The molecule has 4 nitrogen and oxygen atoms in total. The SMILES string of the molecule is CCOc1ccc(NC(=O)CCNc2cccc(Cl)c2Cl)cc1. The summed E-state index contributed by atoms with van der Waals surface area (Å²) < 4.78 is 5.35. The third-order valence-corrected chi connectivity index (χ3v) is 3.89. The van der Waals surface area contributed by atoms with Crippen LogP contribution in [0.4, 0.5) is 11.4 Å². The number of ether oxygens (including phenoxy) is 1. The first-order chi connectivity index (χ1) is 11.1. The second-order valence-electron chi connectivity index (χ2n) is 4.78. The van der Waals surface area contributed by atoms with Crippen LogP contribution in [0, 0.1) is 0 Å². The molecule has 2 aromatic rings. The molecule has 0 aliphatic carbocycles. The Morgan fingerprint density at radius 2 is 1.87 bits per heavy atom. The highest BCUT2D eigenvalue weighted by Gasteiger charge is 2.06. The first-order valence-electron chi connectivity index (χ1n) is 7.30. The average Bonchev–Trinajstić information content (AvgIpc) is 2.54. The third kappa shape index (κ3) is 5.34. The fourth-order valence-electron chi connectivity index (χ4n) is 1.98. The summed E-state index contributed by atoms with van der Waals surface area (Å²) in [6, 6.07) is 12.6. The largest absolute Gasteiger partial charge is 0.494 e. The van der Waals surface area contributed by atoms with Gasteiger partial charge in [0.2, 0.25) is 5.91 Å². The van der Waals surface area contributed by atoms with Crippen molar-refractivity contribution in [3.8, 4) is 5.75 Å². The molecule has 0 aromatic heterocycles. The summed E-state index contributed by atoms with van der Waals surface area (Å²) in [6.07, 6.45) is 0.316. The number of anilines is 2. The minimum atomic E-state index is -0.0835. The molecule has 0 aliphatic rings. The lowest BCUT2D eigenvalue weighted by Gasteiger charge is -2.10. The normalized spacial score (nSPS) is 10.2. The van der Waals surface area contributed by atoms with Crippen LogP contribution in [0.5, 0.6) is 5.75 Å². The van der Waals surface area contributed by atoms with E-state index in [0.717, 1.165) is 11.4 Å². The molecule has 2 rings (SSSR count). The second-order valence-corrected chi connectivity index (χ2v) is 5.57. The van der Waals surface area contributed by atoms with Crippen molar-refractivity contribution < 1.29 is 9.53 Å². The van der Waals surface area contributed by atoms with Gasteiger partial charge in [0.15, 0.2) is 0 Å². The molecule has 0 saturated heterocycles. The van der Waals surface area contributed by atoms with Crippen LogP contribution in [0.1, 0.15) is 13.3 Å². The van der Waals surface area contributed by atoms with Crippen molar-refractivity contribution in [2.75, 3.05) is 23.8 Å². The number of benzene rings is 2. The minimum Gasteiger partial charge on any atom is -0.494 e. The van der Waals surface area contributed by atoms with Gasteiger partial charge in [-0.3, -0.25) is 4.79 Å². The lowest BCUT2D eigenvalue weighted by molar-refractivity contribution is -0.115. The Bertz CT molecular complexity index is 660. The maximum absolute atomic E-state index is 11.9. The highest BCUT2D eigenvalue weighted by atomic mass is 35.5. The number of hydrogen-bond acceptors (Lipinski definition) is 3. The fraction of sp³-hybridized carbons (Fsp3) is 0.235. The van der Waals surface area contributed by atoms with Crippen LogP contribution in [0.25, 0.3) is 0 Å². The molecule has 0 saturated carbocycles. The van der Waals surface area contributed by atoms with E-state index in [2.05, 4.69) is 10.6 Å². The average molecular weight is 353 g/mol. The Labute approximate surface area is 145 Å². The molecular formula is C17H18Cl2N2O2. The van der Waals surface area contributed by atoms with Crippen molar-refractivity contribution in [1.82, 2.24) is 0 Å². The van der Waals surface area contributed by atoms with Gasteiger partial charge in [-0.05, 0) is 43.3 Å². The van der Waals surface area contributed by atoms with E-state index in [9.17, 15) is 4.79 Å². The van der Waals surface area contributed by atoms with Crippen molar-refractivity contribution in [3.63, 3.8) is 0 Å². The summed E-state index contributed by atoms with van der Waals surface area (Å²) in [5.74, 6) is 0.697. The molecule has 1 amide bonds. The molecule has 6 heteroatoms. The molecule has 0 atom stereocenters. The van der Waals surface area contributed by atoms with Crippen LogP contribution in [0.15, 0.2) is 42.5 Å². The lowest BCUT2D eigenvalue weighted by atomic mass is 10.2. The molecule has 23 heavy (non-hydrogen) atoms. The van der Waals surface area contributed by atoms with E-state index in [1.807, 2.05) is 37.3 Å². The summed E-state index contributed by atoms with van der Waals surface area (Å²) in [4.78, 5) is 11.9. The Hall–Kier alpha value is -1.91. The summed E-state index contributed by atoms with van der Waals surface area (Å²) in [6.45, 7) is 3.00. The van der Waals surface area contributed by atoms with Gasteiger partial charge in [-0.25, -0.2) is 0 Å². The molecule has 2 aromatic carbocycles. The molecule has 0 fully saturated rings. The zero-order chi connectivity index (χ0) is 16.7. The van der Waals surface area contributed by atoms with Gasteiger partial charge in [0.05, 0.1) is 22.3 Å². The number of rotatable bonds is 7. The molecule has 0 radical (unpaired) electrons. The van der Waals surface area contributed by atoms with E-state index in [1.165, 1.54) is 0 Å². The molecular weight excluding hydrogens is 335 g/mol. The van der Waals surface area contributed by atoms with E-state index in [-0.39, 0.29) is 5.91 Å². The highest BCUT2D eigenvalue weighted by molar-refractivity contribution is 6.43. The maximum Gasteiger partial charge on any atom is 0.226 e. The number of halogens is 2. The Kier molecular flexibility index (Phi) is 6.56. The highest BCUT2D eigenvalue weighted by Crippen LogP contribution is 2.29. The monoisotopic (exact) mass is 352 g/mol. The van der Waals surface area contributed by atoms with Crippen molar-refractivity contribution in [2.24, 2.45) is 0 Å². The summed E-state index contributed by atoms with van der Waals surface area (Å²) in [5.41, 5.74) is 1.45. The van der Waals surface area contributed by atoms with Crippen molar-refractivity contribution in [2.45, 2.75) is 13.3 Å². The standard InChI is InChI=1S/C17H18Cl2N2O2/c1-2-23-13-8-6-12(7-9-13)21-16(22)10-11-20-15-5-3-4-14(18)17(15)19/h3-9,20H,2,10-11H2,1H3,(H,21,22).